The van der Waals surface area contributed by atoms with Crippen LogP contribution in [0.25, 0.3) is 0 Å². The second kappa shape index (κ2) is 7.91. The molecule has 6 nitrogen and oxygen atoms in total. The summed E-state index contributed by atoms with van der Waals surface area (Å²) in [6.07, 6.45) is 0.959. The first-order valence-corrected chi connectivity index (χ1v) is 7.47. The average molecular weight is 305 g/mol. The van der Waals surface area contributed by atoms with Crippen LogP contribution in [0.1, 0.15) is 16.8 Å². The number of rotatable bonds is 4. The van der Waals surface area contributed by atoms with Gasteiger partial charge in [-0.05, 0) is 32.1 Å². The van der Waals surface area contributed by atoms with Gasteiger partial charge in [0.1, 0.15) is 6.61 Å². The first-order chi connectivity index (χ1) is 10.6. The van der Waals surface area contributed by atoms with Gasteiger partial charge in [0.25, 0.3) is 5.91 Å². The summed E-state index contributed by atoms with van der Waals surface area (Å²) in [5.74, 6) is -0.304. The Balaban J connectivity index is 2.13. The molecule has 1 heterocycles. The number of amides is 2. The first kappa shape index (κ1) is 16.5. The summed E-state index contributed by atoms with van der Waals surface area (Å²) in [5.41, 5.74) is 1.06. The molecule has 120 valence electrons. The number of hydrogen-bond acceptors (Lipinski definition) is 4. The quantitative estimate of drug-likeness (QED) is 0.903. The number of nitrogens with zero attached hydrogens (tertiary/aromatic N) is 2. The standard InChI is InChI=1S/C16H23N3O3/c1-18-8-5-9-19(11-10-18)16(21)13-6-3-4-7-14(13)17-15(20)12-22-2/h3-4,6-7H,5,8-12H2,1-2H3,(H,17,20). The Morgan fingerprint density at radius 2 is 1.95 bits per heavy atom. The predicted octanol–water partition coefficient (Wildman–Crippen LogP) is 1.05. The summed E-state index contributed by atoms with van der Waals surface area (Å²) in [4.78, 5) is 28.5. The molecule has 1 aromatic rings. The van der Waals surface area contributed by atoms with Crippen LogP contribution in [0, 0.1) is 0 Å². The van der Waals surface area contributed by atoms with E-state index >= 15 is 0 Å². The normalized spacial score (nSPS) is 16.2. The summed E-state index contributed by atoms with van der Waals surface area (Å²) >= 11 is 0. The van der Waals surface area contributed by atoms with E-state index in [1.807, 2.05) is 11.0 Å². The molecule has 1 aliphatic heterocycles. The van der Waals surface area contributed by atoms with Crippen molar-refractivity contribution < 1.29 is 14.3 Å². The zero-order valence-corrected chi connectivity index (χ0v) is 13.2. The number of benzene rings is 1. The Morgan fingerprint density at radius 3 is 2.73 bits per heavy atom. The maximum atomic E-state index is 12.7. The second-order valence-electron chi connectivity index (χ2n) is 5.48. The number of likely N-dealkylation sites (N-methyl/N-ethyl adjacent to an activating group) is 1. The van der Waals surface area contributed by atoms with Crippen molar-refractivity contribution in [3.05, 3.63) is 29.8 Å². The monoisotopic (exact) mass is 305 g/mol. The molecular weight excluding hydrogens is 282 g/mol. The highest BCUT2D eigenvalue weighted by Crippen LogP contribution is 2.18. The minimum atomic E-state index is -0.265. The third kappa shape index (κ3) is 4.29. The molecule has 0 atom stereocenters. The molecule has 1 saturated heterocycles. The van der Waals surface area contributed by atoms with Crippen molar-refractivity contribution in [3.8, 4) is 0 Å². The lowest BCUT2D eigenvalue weighted by Crippen LogP contribution is -2.35. The molecule has 2 rings (SSSR count). The molecule has 1 aliphatic rings. The van der Waals surface area contributed by atoms with E-state index in [2.05, 4.69) is 17.3 Å². The Hall–Kier alpha value is -1.92. The fourth-order valence-corrected chi connectivity index (χ4v) is 2.52. The van der Waals surface area contributed by atoms with Crippen LogP contribution in [-0.4, -0.2) is 68.6 Å². The molecule has 0 bridgehead atoms. The largest absolute Gasteiger partial charge is 0.375 e. The molecule has 0 radical (unpaired) electrons. The van der Waals surface area contributed by atoms with Crippen molar-refractivity contribution in [1.29, 1.82) is 0 Å². The van der Waals surface area contributed by atoms with Crippen molar-refractivity contribution in [2.45, 2.75) is 6.42 Å². The van der Waals surface area contributed by atoms with E-state index in [0.29, 0.717) is 17.8 Å². The number of nitrogens with one attached hydrogen (secondary N) is 1. The number of carbonyl (C=O) groups excluding carboxylic acids is 2. The van der Waals surface area contributed by atoms with Gasteiger partial charge in [0.2, 0.25) is 5.91 Å². The maximum Gasteiger partial charge on any atom is 0.256 e. The van der Waals surface area contributed by atoms with Crippen LogP contribution < -0.4 is 5.32 Å². The first-order valence-electron chi connectivity index (χ1n) is 7.47. The van der Waals surface area contributed by atoms with Gasteiger partial charge >= 0.3 is 0 Å². The van der Waals surface area contributed by atoms with Gasteiger partial charge in [-0.25, -0.2) is 0 Å². The lowest BCUT2D eigenvalue weighted by Gasteiger charge is -2.22. The summed E-state index contributed by atoms with van der Waals surface area (Å²) in [6.45, 7) is 3.27. The van der Waals surface area contributed by atoms with Crippen molar-refractivity contribution >= 4 is 17.5 Å². The summed E-state index contributed by atoms with van der Waals surface area (Å²) < 4.78 is 4.81. The minimum Gasteiger partial charge on any atom is -0.375 e. The van der Waals surface area contributed by atoms with Crippen LogP contribution in [0.5, 0.6) is 0 Å². The van der Waals surface area contributed by atoms with Crippen molar-refractivity contribution in [3.63, 3.8) is 0 Å². The molecule has 0 saturated carbocycles. The van der Waals surface area contributed by atoms with Crippen molar-refractivity contribution in [2.24, 2.45) is 0 Å². The van der Waals surface area contributed by atoms with Crippen LogP contribution in [0.3, 0.4) is 0 Å². The molecule has 0 aromatic heterocycles. The zero-order chi connectivity index (χ0) is 15.9. The topological polar surface area (TPSA) is 61.9 Å². The van der Waals surface area contributed by atoms with E-state index in [4.69, 9.17) is 4.74 Å². The van der Waals surface area contributed by atoms with E-state index in [1.165, 1.54) is 7.11 Å². The zero-order valence-electron chi connectivity index (χ0n) is 13.2. The van der Waals surface area contributed by atoms with Crippen LogP contribution in [0.2, 0.25) is 0 Å². The van der Waals surface area contributed by atoms with Gasteiger partial charge in [0.05, 0.1) is 11.3 Å². The molecule has 0 aliphatic carbocycles. The fourth-order valence-electron chi connectivity index (χ4n) is 2.52. The second-order valence-corrected chi connectivity index (χ2v) is 5.48. The van der Waals surface area contributed by atoms with Crippen molar-refractivity contribution in [2.75, 3.05) is 52.3 Å². The SMILES string of the molecule is COCC(=O)Nc1ccccc1C(=O)N1CCCN(C)CC1. The number of ether oxygens (including phenoxy) is 1. The molecule has 2 amide bonds. The average Bonchev–Trinajstić information content (AvgIpc) is 2.72. The van der Waals surface area contributed by atoms with E-state index in [9.17, 15) is 9.59 Å². The lowest BCUT2D eigenvalue weighted by atomic mass is 10.1. The van der Waals surface area contributed by atoms with Gasteiger partial charge in [-0.1, -0.05) is 12.1 Å². The number of hydrogen-bond donors (Lipinski definition) is 1. The predicted molar refractivity (Wildman–Crippen MR) is 85.0 cm³/mol. The van der Waals surface area contributed by atoms with E-state index in [1.54, 1.807) is 18.2 Å². The third-order valence-electron chi connectivity index (χ3n) is 3.71. The Labute approximate surface area is 131 Å². The van der Waals surface area contributed by atoms with Gasteiger partial charge in [-0.2, -0.15) is 0 Å². The summed E-state index contributed by atoms with van der Waals surface area (Å²) in [7, 11) is 3.53. The fraction of sp³-hybridized carbons (Fsp3) is 0.500. The highest BCUT2D eigenvalue weighted by atomic mass is 16.5. The highest BCUT2D eigenvalue weighted by Gasteiger charge is 2.21. The van der Waals surface area contributed by atoms with Gasteiger partial charge in [-0.15, -0.1) is 0 Å². The number of anilines is 1. The van der Waals surface area contributed by atoms with Crippen LogP contribution in [0.15, 0.2) is 24.3 Å². The van der Waals surface area contributed by atoms with Crippen LogP contribution in [0.4, 0.5) is 5.69 Å². The third-order valence-corrected chi connectivity index (χ3v) is 3.71. The molecule has 1 N–H and O–H groups in total. The molecule has 1 aromatic carbocycles. The Morgan fingerprint density at radius 1 is 1.18 bits per heavy atom. The van der Waals surface area contributed by atoms with Crippen LogP contribution >= 0.6 is 0 Å². The summed E-state index contributed by atoms with van der Waals surface area (Å²) in [5, 5.41) is 2.73. The summed E-state index contributed by atoms with van der Waals surface area (Å²) in [6, 6.07) is 7.10. The van der Waals surface area contributed by atoms with Gasteiger partial charge in [-0.3, -0.25) is 9.59 Å². The van der Waals surface area contributed by atoms with Gasteiger partial charge in [0, 0.05) is 26.7 Å². The molecule has 1 fully saturated rings. The van der Waals surface area contributed by atoms with Crippen LogP contribution in [-0.2, 0) is 9.53 Å². The maximum absolute atomic E-state index is 12.7. The van der Waals surface area contributed by atoms with E-state index in [0.717, 1.165) is 26.1 Å². The van der Waals surface area contributed by atoms with Crippen molar-refractivity contribution in [1.82, 2.24) is 9.80 Å². The molecule has 22 heavy (non-hydrogen) atoms. The van der Waals surface area contributed by atoms with Gasteiger partial charge in [0.15, 0.2) is 0 Å². The van der Waals surface area contributed by atoms with E-state index < -0.39 is 0 Å². The number of carbonyl (C=O) groups is 2. The Bertz CT molecular complexity index is 533. The molecule has 0 spiro atoms. The van der Waals surface area contributed by atoms with Gasteiger partial charge < -0.3 is 19.9 Å². The minimum absolute atomic E-state index is 0.0307. The smallest absolute Gasteiger partial charge is 0.256 e. The molecule has 0 unspecified atom stereocenters. The molecular formula is C16H23N3O3. The Kier molecular flexibility index (Phi) is 5.91. The number of methoxy groups -OCH3 is 1. The molecule has 6 heteroatoms. The highest BCUT2D eigenvalue weighted by molar-refractivity contribution is 6.04. The van der Waals surface area contributed by atoms with E-state index in [-0.39, 0.29) is 18.4 Å². The lowest BCUT2D eigenvalue weighted by molar-refractivity contribution is -0.119. The number of para-hydroxylation sites is 1.